The smallest absolute Gasteiger partial charge is 0.0958 e. The second-order valence-electron chi connectivity index (χ2n) is 4.66. The van der Waals surface area contributed by atoms with Gasteiger partial charge in [-0.3, -0.25) is 0 Å². The standard InChI is InChI=1S/C16H18O2/c1-16(18,14-10-6-3-7-11-14)15(12-17)13-8-4-2-5-9-13/h2-11,15,17-18H,12H2,1H3/t15-,16+/m0/s1. The second-order valence-corrected chi connectivity index (χ2v) is 4.66. The summed E-state index contributed by atoms with van der Waals surface area (Å²) in [6, 6.07) is 19.1. The van der Waals surface area contributed by atoms with Crippen LogP contribution < -0.4 is 0 Å². The monoisotopic (exact) mass is 242 g/mol. The van der Waals surface area contributed by atoms with Crippen LogP contribution in [0, 0.1) is 0 Å². The van der Waals surface area contributed by atoms with E-state index in [1.54, 1.807) is 6.92 Å². The quantitative estimate of drug-likeness (QED) is 0.865. The lowest BCUT2D eigenvalue weighted by molar-refractivity contribution is 0.00582. The highest BCUT2D eigenvalue weighted by Gasteiger charge is 2.34. The number of hydrogen-bond donors (Lipinski definition) is 2. The van der Waals surface area contributed by atoms with E-state index in [0.29, 0.717) is 0 Å². The molecule has 2 heteroatoms. The Morgan fingerprint density at radius 2 is 1.44 bits per heavy atom. The first-order chi connectivity index (χ1) is 8.66. The molecule has 0 aromatic heterocycles. The number of aliphatic hydroxyl groups excluding tert-OH is 1. The van der Waals surface area contributed by atoms with Gasteiger partial charge in [-0.05, 0) is 18.1 Å². The van der Waals surface area contributed by atoms with E-state index in [9.17, 15) is 10.2 Å². The van der Waals surface area contributed by atoms with Gasteiger partial charge in [0.15, 0.2) is 0 Å². The van der Waals surface area contributed by atoms with Gasteiger partial charge >= 0.3 is 0 Å². The van der Waals surface area contributed by atoms with Gasteiger partial charge in [0.25, 0.3) is 0 Å². The summed E-state index contributed by atoms with van der Waals surface area (Å²) in [6.45, 7) is 1.65. The molecule has 0 unspecified atom stereocenters. The molecular weight excluding hydrogens is 224 g/mol. The minimum Gasteiger partial charge on any atom is -0.396 e. The van der Waals surface area contributed by atoms with Gasteiger partial charge in [-0.25, -0.2) is 0 Å². The van der Waals surface area contributed by atoms with Crippen LogP contribution in [-0.2, 0) is 5.60 Å². The van der Waals surface area contributed by atoms with Crippen molar-refractivity contribution in [2.75, 3.05) is 6.61 Å². The highest BCUT2D eigenvalue weighted by molar-refractivity contribution is 5.30. The van der Waals surface area contributed by atoms with Crippen molar-refractivity contribution in [2.45, 2.75) is 18.4 Å². The molecule has 0 spiro atoms. The van der Waals surface area contributed by atoms with Gasteiger partial charge in [-0.15, -0.1) is 0 Å². The summed E-state index contributed by atoms with van der Waals surface area (Å²) in [5, 5.41) is 20.4. The van der Waals surface area contributed by atoms with Crippen LogP contribution in [0.25, 0.3) is 0 Å². The van der Waals surface area contributed by atoms with Crippen LogP contribution in [0.4, 0.5) is 0 Å². The van der Waals surface area contributed by atoms with E-state index in [0.717, 1.165) is 11.1 Å². The maximum absolute atomic E-state index is 10.7. The summed E-state index contributed by atoms with van der Waals surface area (Å²) in [6.07, 6.45) is 0. The summed E-state index contributed by atoms with van der Waals surface area (Å²) in [5.74, 6) is -0.332. The summed E-state index contributed by atoms with van der Waals surface area (Å²) >= 11 is 0. The van der Waals surface area contributed by atoms with Gasteiger partial charge < -0.3 is 10.2 Å². The van der Waals surface area contributed by atoms with E-state index in [4.69, 9.17) is 0 Å². The normalized spacial score (nSPS) is 15.9. The topological polar surface area (TPSA) is 40.5 Å². The van der Waals surface area contributed by atoms with E-state index in [1.165, 1.54) is 0 Å². The Balaban J connectivity index is 2.38. The van der Waals surface area contributed by atoms with Crippen LogP contribution in [0.2, 0.25) is 0 Å². The van der Waals surface area contributed by atoms with Crippen LogP contribution in [0.15, 0.2) is 60.7 Å². The second kappa shape index (κ2) is 5.34. The van der Waals surface area contributed by atoms with E-state index in [2.05, 4.69) is 0 Å². The molecular formula is C16H18O2. The summed E-state index contributed by atoms with van der Waals surface area (Å²) in [7, 11) is 0. The van der Waals surface area contributed by atoms with Crippen molar-refractivity contribution in [3.63, 3.8) is 0 Å². The molecule has 0 saturated heterocycles. The predicted octanol–water partition coefficient (Wildman–Crippen LogP) is 2.67. The average molecular weight is 242 g/mol. The first kappa shape index (κ1) is 12.8. The molecule has 2 N–H and O–H groups in total. The van der Waals surface area contributed by atoms with Crippen molar-refractivity contribution in [2.24, 2.45) is 0 Å². The fourth-order valence-corrected chi connectivity index (χ4v) is 2.27. The van der Waals surface area contributed by atoms with Gasteiger partial charge in [0, 0.05) is 5.92 Å². The van der Waals surface area contributed by atoms with E-state index >= 15 is 0 Å². The largest absolute Gasteiger partial charge is 0.396 e. The molecule has 0 fully saturated rings. The third kappa shape index (κ3) is 2.45. The zero-order valence-corrected chi connectivity index (χ0v) is 10.5. The Morgan fingerprint density at radius 1 is 0.944 bits per heavy atom. The van der Waals surface area contributed by atoms with Crippen molar-refractivity contribution in [1.29, 1.82) is 0 Å². The van der Waals surface area contributed by atoms with Gasteiger partial charge in [0.1, 0.15) is 0 Å². The van der Waals surface area contributed by atoms with Crippen molar-refractivity contribution in [1.82, 2.24) is 0 Å². The summed E-state index contributed by atoms with van der Waals surface area (Å²) < 4.78 is 0. The molecule has 94 valence electrons. The third-order valence-electron chi connectivity index (χ3n) is 3.42. The van der Waals surface area contributed by atoms with Crippen LogP contribution in [0.1, 0.15) is 24.0 Å². The summed E-state index contributed by atoms with van der Waals surface area (Å²) in [5.41, 5.74) is 0.666. The van der Waals surface area contributed by atoms with Crippen LogP contribution >= 0.6 is 0 Å². The first-order valence-electron chi connectivity index (χ1n) is 6.10. The minimum absolute atomic E-state index is 0.0914. The minimum atomic E-state index is -1.09. The predicted molar refractivity (Wildman–Crippen MR) is 72.3 cm³/mol. The molecule has 2 aromatic rings. The molecule has 0 saturated carbocycles. The van der Waals surface area contributed by atoms with Crippen LogP contribution in [0.3, 0.4) is 0 Å². The Hall–Kier alpha value is -1.64. The molecule has 0 bridgehead atoms. The lowest BCUT2D eigenvalue weighted by atomic mass is 9.79. The molecule has 0 heterocycles. The number of rotatable bonds is 4. The fraction of sp³-hybridized carbons (Fsp3) is 0.250. The average Bonchev–Trinajstić information content (AvgIpc) is 2.41. The Labute approximate surface area is 108 Å². The molecule has 2 aromatic carbocycles. The zero-order valence-electron chi connectivity index (χ0n) is 10.5. The molecule has 18 heavy (non-hydrogen) atoms. The number of benzene rings is 2. The highest BCUT2D eigenvalue weighted by atomic mass is 16.3. The molecule has 0 amide bonds. The maximum atomic E-state index is 10.7. The van der Waals surface area contributed by atoms with Gasteiger partial charge in [0.05, 0.1) is 12.2 Å². The Morgan fingerprint density at radius 3 is 1.94 bits per heavy atom. The molecule has 0 radical (unpaired) electrons. The van der Waals surface area contributed by atoms with E-state index in [-0.39, 0.29) is 12.5 Å². The van der Waals surface area contributed by atoms with Crippen molar-refractivity contribution < 1.29 is 10.2 Å². The molecule has 2 atom stereocenters. The van der Waals surface area contributed by atoms with Crippen molar-refractivity contribution >= 4 is 0 Å². The van der Waals surface area contributed by atoms with E-state index < -0.39 is 5.60 Å². The van der Waals surface area contributed by atoms with Crippen molar-refractivity contribution in [3.05, 3.63) is 71.8 Å². The zero-order chi connectivity index (χ0) is 13.0. The van der Waals surface area contributed by atoms with Gasteiger partial charge in [-0.1, -0.05) is 60.7 Å². The third-order valence-corrected chi connectivity index (χ3v) is 3.42. The molecule has 0 aliphatic rings. The van der Waals surface area contributed by atoms with E-state index in [1.807, 2.05) is 60.7 Å². The lowest BCUT2D eigenvalue weighted by Gasteiger charge is -2.32. The Bertz CT molecular complexity index is 477. The maximum Gasteiger partial charge on any atom is 0.0958 e. The van der Waals surface area contributed by atoms with Crippen molar-refractivity contribution in [3.8, 4) is 0 Å². The number of hydrogen-bond acceptors (Lipinski definition) is 2. The fourth-order valence-electron chi connectivity index (χ4n) is 2.27. The van der Waals surface area contributed by atoms with Crippen LogP contribution in [-0.4, -0.2) is 16.8 Å². The molecule has 0 aliphatic carbocycles. The molecule has 2 nitrogen and oxygen atoms in total. The highest BCUT2D eigenvalue weighted by Crippen LogP contribution is 2.36. The summed E-state index contributed by atoms with van der Waals surface area (Å²) in [4.78, 5) is 0. The van der Waals surface area contributed by atoms with Crippen LogP contribution in [0.5, 0.6) is 0 Å². The molecule has 0 aliphatic heterocycles. The molecule has 2 rings (SSSR count). The Kier molecular flexibility index (Phi) is 3.80. The van der Waals surface area contributed by atoms with Gasteiger partial charge in [-0.2, -0.15) is 0 Å². The SMILES string of the molecule is C[C@@](O)(c1ccccc1)[C@@H](CO)c1ccccc1. The lowest BCUT2D eigenvalue weighted by Crippen LogP contribution is -2.32. The first-order valence-corrected chi connectivity index (χ1v) is 6.10. The van der Waals surface area contributed by atoms with Gasteiger partial charge in [0.2, 0.25) is 0 Å². The number of aliphatic hydroxyl groups is 2.